The van der Waals surface area contributed by atoms with E-state index in [0.717, 1.165) is 0 Å². The average Bonchev–Trinajstić information content (AvgIpc) is 2.88. The molecule has 0 atom stereocenters. The fourth-order valence-electron chi connectivity index (χ4n) is 2.85. The Morgan fingerprint density at radius 3 is 1.06 bits per heavy atom. The highest BCUT2D eigenvalue weighted by Gasteiger charge is 1.97. The number of aromatic hydroxyl groups is 1. The molecule has 0 aliphatic carbocycles. The lowest BCUT2D eigenvalue weighted by Gasteiger charge is -2.01. The lowest BCUT2D eigenvalue weighted by Crippen LogP contribution is -2.04. The molecule has 172 valence electrons. The maximum Gasteiger partial charge on any atom is 0.221 e. The number of amides is 1. The predicted molar refractivity (Wildman–Crippen MR) is 134 cm³/mol. The highest BCUT2D eigenvalue weighted by molar-refractivity contribution is 5.88. The van der Waals surface area contributed by atoms with Crippen LogP contribution in [0, 0.1) is 0 Å². The summed E-state index contributed by atoms with van der Waals surface area (Å²) in [5.41, 5.74) is 4.75. The van der Waals surface area contributed by atoms with Crippen LogP contribution in [0.3, 0.4) is 0 Å². The van der Waals surface area contributed by atoms with Gasteiger partial charge in [0.15, 0.2) is 0 Å². The van der Waals surface area contributed by atoms with Crippen molar-refractivity contribution in [1.82, 2.24) is 0 Å². The molecule has 35 heavy (non-hydrogen) atoms. The normalized spacial score (nSPS) is 11.5. The third kappa shape index (κ3) is 7.22. The van der Waals surface area contributed by atoms with E-state index in [1.54, 1.807) is 97.1 Å². The Labute approximate surface area is 201 Å². The number of azo groups is 3. The molecule has 4 aromatic rings. The van der Waals surface area contributed by atoms with Crippen LogP contribution in [0.1, 0.15) is 6.92 Å². The molecule has 0 aliphatic rings. The Bertz CT molecular complexity index is 1360. The van der Waals surface area contributed by atoms with Crippen molar-refractivity contribution in [2.75, 3.05) is 5.32 Å². The minimum absolute atomic E-state index is 0.123. The number of carbonyl (C=O) groups excluding carboxylic acids is 1. The number of phenolic OH excluding ortho intramolecular Hbond substituents is 1. The zero-order chi connectivity index (χ0) is 24.5. The minimum Gasteiger partial charge on any atom is -0.508 e. The second-order valence-electron chi connectivity index (χ2n) is 7.38. The number of phenols is 1. The van der Waals surface area contributed by atoms with E-state index in [0.29, 0.717) is 39.8 Å². The average molecular weight is 464 g/mol. The first kappa shape index (κ1) is 23.1. The van der Waals surface area contributed by atoms with Crippen molar-refractivity contribution >= 4 is 45.7 Å². The SMILES string of the molecule is CC(=O)Nc1ccc(N=Nc2ccc(N=Nc3ccc(N=Nc4ccc(O)cc4)cc3)cc2)cc1. The Morgan fingerprint density at radius 1 is 0.514 bits per heavy atom. The van der Waals surface area contributed by atoms with E-state index in [-0.39, 0.29) is 11.7 Å². The van der Waals surface area contributed by atoms with E-state index in [4.69, 9.17) is 0 Å². The van der Waals surface area contributed by atoms with E-state index in [2.05, 4.69) is 36.0 Å². The first-order chi connectivity index (χ1) is 17.0. The van der Waals surface area contributed by atoms with E-state index >= 15 is 0 Å². The molecule has 0 spiro atoms. The summed E-state index contributed by atoms with van der Waals surface area (Å²) in [7, 11) is 0. The zero-order valence-electron chi connectivity index (χ0n) is 18.8. The first-order valence-electron chi connectivity index (χ1n) is 10.7. The monoisotopic (exact) mass is 463 g/mol. The molecule has 0 saturated carbocycles. The Kier molecular flexibility index (Phi) is 7.39. The molecule has 0 aromatic heterocycles. The first-order valence-corrected chi connectivity index (χ1v) is 10.7. The molecular weight excluding hydrogens is 442 g/mol. The summed E-state index contributed by atoms with van der Waals surface area (Å²) in [5, 5.41) is 37.2. The van der Waals surface area contributed by atoms with Gasteiger partial charge in [0.05, 0.1) is 34.1 Å². The smallest absolute Gasteiger partial charge is 0.221 e. The van der Waals surface area contributed by atoms with E-state index in [9.17, 15) is 9.90 Å². The van der Waals surface area contributed by atoms with Crippen LogP contribution in [0.4, 0.5) is 39.8 Å². The molecular formula is C26H21N7O2. The number of carbonyl (C=O) groups is 1. The summed E-state index contributed by atoms with van der Waals surface area (Å²) in [6.45, 7) is 1.46. The van der Waals surface area contributed by atoms with Crippen molar-refractivity contribution in [1.29, 1.82) is 0 Å². The van der Waals surface area contributed by atoms with Gasteiger partial charge in [0, 0.05) is 12.6 Å². The van der Waals surface area contributed by atoms with Crippen LogP contribution in [0.5, 0.6) is 5.75 Å². The zero-order valence-corrected chi connectivity index (χ0v) is 18.8. The van der Waals surface area contributed by atoms with Crippen molar-refractivity contribution in [2.45, 2.75) is 6.92 Å². The molecule has 4 rings (SSSR count). The molecule has 9 nitrogen and oxygen atoms in total. The van der Waals surface area contributed by atoms with E-state index in [1.807, 2.05) is 0 Å². The van der Waals surface area contributed by atoms with Gasteiger partial charge in [-0.1, -0.05) is 0 Å². The van der Waals surface area contributed by atoms with Crippen molar-refractivity contribution in [3.63, 3.8) is 0 Å². The second-order valence-corrected chi connectivity index (χ2v) is 7.38. The summed E-state index contributed by atoms with van der Waals surface area (Å²) < 4.78 is 0. The van der Waals surface area contributed by atoms with E-state index in [1.165, 1.54) is 6.92 Å². The Balaban J connectivity index is 1.32. The lowest BCUT2D eigenvalue weighted by atomic mass is 10.3. The van der Waals surface area contributed by atoms with Gasteiger partial charge < -0.3 is 10.4 Å². The Hall–Kier alpha value is -5.05. The van der Waals surface area contributed by atoms with Gasteiger partial charge in [0.2, 0.25) is 5.91 Å². The van der Waals surface area contributed by atoms with Crippen LogP contribution in [0.15, 0.2) is 128 Å². The molecule has 2 N–H and O–H groups in total. The molecule has 0 saturated heterocycles. The molecule has 0 bridgehead atoms. The molecule has 0 radical (unpaired) electrons. The van der Waals surface area contributed by atoms with Crippen molar-refractivity contribution in [2.24, 2.45) is 30.7 Å². The number of rotatable bonds is 7. The number of hydrogen-bond donors (Lipinski definition) is 2. The third-order valence-electron chi connectivity index (χ3n) is 4.58. The van der Waals surface area contributed by atoms with Gasteiger partial charge in [0.25, 0.3) is 0 Å². The number of benzene rings is 4. The van der Waals surface area contributed by atoms with Crippen LogP contribution < -0.4 is 5.32 Å². The highest BCUT2D eigenvalue weighted by atomic mass is 16.3. The van der Waals surface area contributed by atoms with Crippen molar-refractivity contribution < 1.29 is 9.90 Å². The maximum absolute atomic E-state index is 11.1. The molecule has 0 heterocycles. The van der Waals surface area contributed by atoms with Gasteiger partial charge >= 0.3 is 0 Å². The third-order valence-corrected chi connectivity index (χ3v) is 4.58. The molecule has 0 unspecified atom stereocenters. The largest absolute Gasteiger partial charge is 0.508 e. The predicted octanol–water partition coefficient (Wildman–Crippen LogP) is 8.60. The van der Waals surface area contributed by atoms with Crippen LogP contribution in [-0.2, 0) is 4.79 Å². The topological polar surface area (TPSA) is 123 Å². The summed E-state index contributed by atoms with van der Waals surface area (Å²) in [6.07, 6.45) is 0. The molecule has 1 amide bonds. The second kappa shape index (κ2) is 11.2. The van der Waals surface area contributed by atoms with Gasteiger partial charge in [-0.2, -0.15) is 30.7 Å². The van der Waals surface area contributed by atoms with Crippen LogP contribution in [0.25, 0.3) is 0 Å². The van der Waals surface area contributed by atoms with E-state index < -0.39 is 0 Å². The summed E-state index contributed by atoms with van der Waals surface area (Å²) >= 11 is 0. The fourth-order valence-corrected chi connectivity index (χ4v) is 2.85. The fraction of sp³-hybridized carbons (Fsp3) is 0.0385. The van der Waals surface area contributed by atoms with Crippen molar-refractivity contribution in [3.05, 3.63) is 97.1 Å². The Morgan fingerprint density at radius 2 is 0.771 bits per heavy atom. The van der Waals surface area contributed by atoms with Gasteiger partial charge in [0.1, 0.15) is 5.75 Å². The summed E-state index contributed by atoms with van der Waals surface area (Å²) in [5.74, 6) is 0.0613. The minimum atomic E-state index is -0.123. The number of nitrogens with zero attached hydrogens (tertiary/aromatic N) is 6. The standard InChI is InChI=1S/C26H21N7O2/c1-18(34)27-19-2-4-20(5-3-19)28-29-21-6-8-22(9-7-21)30-31-23-10-12-24(13-11-23)32-33-25-14-16-26(35)17-15-25/h2-17,35H,1H3,(H,27,34). The number of hydrogen-bond acceptors (Lipinski definition) is 8. The number of nitrogens with one attached hydrogen (secondary N) is 1. The van der Waals surface area contributed by atoms with Gasteiger partial charge in [-0.15, -0.1) is 0 Å². The molecule has 0 aliphatic heterocycles. The van der Waals surface area contributed by atoms with Gasteiger partial charge in [-0.25, -0.2) is 0 Å². The van der Waals surface area contributed by atoms with Crippen LogP contribution in [0.2, 0.25) is 0 Å². The molecule has 4 aromatic carbocycles. The number of anilines is 1. The maximum atomic E-state index is 11.1. The van der Waals surface area contributed by atoms with Gasteiger partial charge in [-0.05, 0) is 97.1 Å². The van der Waals surface area contributed by atoms with Crippen molar-refractivity contribution in [3.8, 4) is 5.75 Å². The lowest BCUT2D eigenvalue weighted by molar-refractivity contribution is -0.114. The highest BCUT2D eigenvalue weighted by Crippen LogP contribution is 2.26. The van der Waals surface area contributed by atoms with Crippen LogP contribution >= 0.6 is 0 Å². The summed E-state index contributed by atoms with van der Waals surface area (Å²) in [6, 6.07) is 28.0. The molecule has 0 fully saturated rings. The summed E-state index contributed by atoms with van der Waals surface area (Å²) in [4.78, 5) is 11.1. The van der Waals surface area contributed by atoms with Gasteiger partial charge in [-0.3, -0.25) is 4.79 Å². The quantitative estimate of drug-likeness (QED) is 0.266. The molecule has 9 heteroatoms. The van der Waals surface area contributed by atoms with Crippen LogP contribution in [-0.4, -0.2) is 11.0 Å².